The van der Waals surface area contributed by atoms with Crippen molar-refractivity contribution in [3.8, 4) is 11.5 Å². The molecule has 2 rings (SSSR count). The third-order valence-electron chi connectivity index (χ3n) is 2.79. The van der Waals surface area contributed by atoms with E-state index in [4.69, 9.17) is 13.9 Å². The fraction of sp³-hybridized carbons (Fsp3) is 0.429. The number of rotatable bonds is 5. The summed E-state index contributed by atoms with van der Waals surface area (Å²) < 4.78 is 10.7. The number of aromatic carboxylic acids is 1. The van der Waals surface area contributed by atoms with Crippen LogP contribution in [-0.2, 0) is 12.8 Å². The Bertz CT molecular complexity index is 580. The highest BCUT2D eigenvalue weighted by atomic mass is 16.4. The van der Waals surface area contributed by atoms with Crippen LogP contribution in [0.25, 0.3) is 11.5 Å². The van der Waals surface area contributed by atoms with Gasteiger partial charge in [-0.1, -0.05) is 20.8 Å². The molecular formula is C14H17NO4. The molecule has 0 radical (unpaired) electrons. The smallest absolute Gasteiger partial charge is 0.373 e. The quantitative estimate of drug-likeness (QED) is 0.894. The molecule has 0 saturated carbocycles. The Morgan fingerprint density at radius 3 is 2.79 bits per heavy atom. The molecule has 5 nitrogen and oxygen atoms in total. The second-order valence-electron chi connectivity index (χ2n) is 4.81. The van der Waals surface area contributed by atoms with E-state index in [-0.39, 0.29) is 5.76 Å². The van der Waals surface area contributed by atoms with Gasteiger partial charge in [-0.3, -0.25) is 0 Å². The first-order valence-electron chi connectivity index (χ1n) is 6.32. The zero-order valence-corrected chi connectivity index (χ0v) is 11.3. The van der Waals surface area contributed by atoms with E-state index in [1.165, 1.54) is 0 Å². The summed E-state index contributed by atoms with van der Waals surface area (Å²) in [4.78, 5) is 15.5. The zero-order valence-electron chi connectivity index (χ0n) is 11.3. The molecule has 5 heteroatoms. The molecule has 0 unspecified atom stereocenters. The molecule has 0 amide bonds. The predicted octanol–water partition coefficient (Wildman–Crippen LogP) is 3.39. The number of aromatic nitrogens is 1. The number of carboxylic acids is 1. The number of furan rings is 1. The van der Waals surface area contributed by atoms with Crippen LogP contribution in [0.3, 0.4) is 0 Å². The number of hydrogen-bond acceptors (Lipinski definition) is 4. The number of nitrogens with zero attached hydrogens (tertiary/aromatic N) is 1. The molecule has 0 saturated heterocycles. The van der Waals surface area contributed by atoms with Gasteiger partial charge in [0, 0.05) is 6.42 Å². The number of carboxylic acid groups (broad SMARTS) is 1. The Kier molecular flexibility index (Phi) is 3.74. The molecule has 0 aliphatic carbocycles. The van der Waals surface area contributed by atoms with Crippen molar-refractivity contribution in [3.05, 3.63) is 29.5 Å². The summed E-state index contributed by atoms with van der Waals surface area (Å²) in [7, 11) is 0. The Morgan fingerprint density at radius 1 is 1.47 bits per heavy atom. The molecule has 0 bridgehead atoms. The van der Waals surface area contributed by atoms with Gasteiger partial charge >= 0.3 is 5.97 Å². The normalized spacial score (nSPS) is 11.2. The van der Waals surface area contributed by atoms with E-state index in [1.807, 2.05) is 20.8 Å². The van der Waals surface area contributed by atoms with Gasteiger partial charge in [0.05, 0.1) is 17.5 Å². The van der Waals surface area contributed by atoms with Gasteiger partial charge in [-0.25, -0.2) is 9.78 Å². The lowest BCUT2D eigenvalue weighted by atomic mass is 10.1. The van der Waals surface area contributed by atoms with E-state index >= 15 is 0 Å². The van der Waals surface area contributed by atoms with Crippen molar-refractivity contribution in [1.82, 2.24) is 4.98 Å². The lowest BCUT2D eigenvalue weighted by molar-refractivity contribution is 0.0661. The number of hydrogen-bond donors (Lipinski definition) is 1. The molecule has 2 aromatic heterocycles. The molecule has 102 valence electrons. The second-order valence-corrected chi connectivity index (χ2v) is 4.81. The van der Waals surface area contributed by atoms with Crippen LogP contribution in [0.1, 0.15) is 42.8 Å². The molecular weight excluding hydrogens is 246 g/mol. The van der Waals surface area contributed by atoms with Crippen LogP contribution in [0.2, 0.25) is 0 Å². The highest BCUT2D eigenvalue weighted by Crippen LogP contribution is 2.27. The molecule has 0 aliphatic rings. The fourth-order valence-corrected chi connectivity index (χ4v) is 1.96. The summed E-state index contributed by atoms with van der Waals surface area (Å²) in [6, 6.07) is 1.75. The average molecular weight is 263 g/mol. The van der Waals surface area contributed by atoms with Crippen LogP contribution in [0.4, 0.5) is 0 Å². The zero-order chi connectivity index (χ0) is 14.0. The summed E-state index contributed by atoms with van der Waals surface area (Å²) in [6.07, 6.45) is 2.83. The monoisotopic (exact) mass is 263 g/mol. The molecule has 2 aromatic rings. The lowest BCUT2D eigenvalue weighted by Gasteiger charge is -1.99. The average Bonchev–Trinajstić information content (AvgIpc) is 2.93. The molecule has 1 N–H and O–H groups in total. The lowest BCUT2D eigenvalue weighted by Crippen LogP contribution is -2.03. The molecule has 0 aliphatic heterocycles. The van der Waals surface area contributed by atoms with E-state index in [2.05, 4.69) is 4.98 Å². The van der Waals surface area contributed by atoms with Crippen molar-refractivity contribution in [2.45, 2.75) is 33.6 Å². The molecule has 0 aromatic carbocycles. The van der Waals surface area contributed by atoms with Gasteiger partial charge in [0.15, 0.2) is 0 Å². The van der Waals surface area contributed by atoms with E-state index < -0.39 is 5.97 Å². The topological polar surface area (TPSA) is 76.5 Å². The standard InChI is InChI=1S/C14H17NO4/c1-4-11-9(5-6-18-11)13-15-10(7-8(2)3)12(19-13)14(16)17/h5-6,8H,4,7H2,1-3H3,(H,16,17). The Labute approximate surface area is 111 Å². The minimum atomic E-state index is -1.09. The minimum Gasteiger partial charge on any atom is -0.475 e. The van der Waals surface area contributed by atoms with Crippen LogP contribution < -0.4 is 0 Å². The first-order valence-corrected chi connectivity index (χ1v) is 6.32. The molecule has 0 fully saturated rings. The van der Waals surface area contributed by atoms with E-state index in [1.54, 1.807) is 12.3 Å². The summed E-state index contributed by atoms with van der Waals surface area (Å²) >= 11 is 0. The first-order chi connectivity index (χ1) is 9.02. The van der Waals surface area contributed by atoms with E-state index in [0.29, 0.717) is 30.3 Å². The molecule has 2 heterocycles. The van der Waals surface area contributed by atoms with E-state index in [9.17, 15) is 4.79 Å². The van der Waals surface area contributed by atoms with Crippen molar-refractivity contribution in [3.63, 3.8) is 0 Å². The van der Waals surface area contributed by atoms with Crippen LogP contribution in [0.15, 0.2) is 21.2 Å². The van der Waals surface area contributed by atoms with Gasteiger partial charge in [0.1, 0.15) is 5.76 Å². The van der Waals surface area contributed by atoms with Crippen molar-refractivity contribution < 1.29 is 18.7 Å². The van der Waals surface area contributed by atoms with Gasteiger partial charge in [0.2, 0.25) is 11.7 Å². The van der Waals surface area contributed by atoms with Crippen molar-refractivity contribution >= 4 is 5.97 Å². The summed E-state index contributed by atoms with van der Waals surface area (Å²) in [5.74, 6) is 0.210. The maximum atomic E-state index is 11.2. The number of carbonyl (C=O) groups is 1. The Morgan fingerprint density at radius 2 is 2.21 bits per heavy atom. The number of aryl methyl sites for hydroxylation is 1. The maximum Gasteiger partial charge on any atom is 0.373 e. The van der Waals surface area contributed by atoms with Gasteiger partial charge < -0.3 is 13.9 Å². The van der Waals surface area contributed by atoms with Crippen LogP contribution in [0.5, 0.6) is 0 Å². The minimum absolute atomic E-state index is 0.0769. The van der Waals surface area contributed by atoms with Crippen LogP contribution >= 0.6 is 0 Å². The largest absolute Gasteiger partial charge is 0.475 e. The first kappa shape index (κ1) is 13.4. The summed E-state index contributed by atoms with van der Waals surface area (Å²) in [6.45, 7) is 5.98. The SMILES string of the molecule is CCc1occc1-c1nc(CC(C)C)c(C(=O)O)o1. The third kappa shape index (κ3) is 2.70. The second kappa shape index (κ2) is 5.30. The molecule has 0 atom stereocenters. The third-order valence-corrected chi connectivity index (χ3v) is 2.79. The summed E-state index contributed by atoms with van der Waals surface area (Å²) in [5, 5.41) is 9.16. The Hall–Kier alpha value is -2.04. The van der Waals surface area contributed by atoms with Crippen LogP contribution in [0, 0.1) is 5.92 Å². The number of oxazole rings is 1. The Balaban J connectivity index is 2.45. The van der Waals surface area contributed by atoms with Crippen molar-refractivity contribution in [2.75, 3.05) is 0 Å². The van der Waals surface area contributed by atoms with Gasteiger partial charge in [-0.2, -0.15) is 0 Å². The van der Waals surface area contributed by atoms with Crippen molar-refractivity contribution in [2.24, 2.45) is 5.92 Å². The van der Waals surface area contributed by atoms with E-state index in [0.717, 1.165) is 11.3 Å². The van der Waals surface area contributed by atoms with Gasteiger partial charge in [0.25, 0.3) is 0 Å². The highest BCUT2D eigenvalue weighted by molar-refractivity contribution is 5.86. The predicted molar refractivity (Wildman–Crippen MR) is 69.1 cm³/mol. The fourth-order valence-electron chi connectivity index (χ4n) is 1.96. The molecule has 19 heavy (non-hydrogen) atoms. The van der Waals surface area contributed by atoms with Gasteiger partial charge in [-0.15, -0.1) is 0 Å². The summed E-state index contributed by atoms with van der Waals surface area (Å²) in [5.41, 5.74) is 1.21. The van der Waals surface area contributed by atoms with Crippen molar-refractivity contribution in [1.29, 1.82) is 0 Å². The van der Waals surface area contributed by atoms with Crippen LogP contribution in [-0.4, -0.2) is 16.1 Å². The highest BCUT2D eigenvalue weighted by Gasteiger charge is 2.22. The van der Waals surface area contributed by atoms with Gasteiger partial charge in [-0.05, 0) is 18.4 Å². The maximum absolute atomic E-state index is 11.2. The molecule has 0 spiro atoms.